The summed E-state index contributed by atoms with van der Waals surface area (Å²) in [7, 11) is 1.71. The van der Waals surface area contributed by atoms with E-state index >= 15 is 0 Å². The number of hydrogen-bond donors (Lipinski definition) is 0. The molecule has 0 aliphatic carbocycles. The normalized spacial score (nSPS) is 17.9. The molecule has 0 atom stereocenters. The fourth-order valence-electron chi connectivity index (χ4n) is 2.28. The number of piperidine rings is 1. The first kappa shape index (κ1) is 13.2. The van der Waals surface area contributed by atoms with E-state index in [4.69, 9.17) is 4.74 Å². The van der Waals surface area contributed by atoms with Crippen molar-refractivity contribution in [2.75, 3.05) is 26.7 Å². The number of nitrogens with zero attached hydrogens (tertiary/aromatic N) is 1. The zero-order valence-corrected chi connectivity index (χ0v) is 10.6. The van der Waals surface area contributed by atoms with Crippen LogP contribution in [0.3, 0.4) is 0 Å². The van der Waals surface area contributed by atoms with E-state index in [1.807, 2.05) is 0 Å². The minimum atomic E-state index is -0.436. The highest BCUT2D eigenvalue weighted by molar-refractivity contribution is 5.97. The summed E-state index contributed by atoms with van der Waals surface area (Å²) in [5, 5.41) is 0. The Morgan fingerprint density at radius 3 is 2.67 bits per heavy atom. The summed E-state index contributed by atoms with van der Waals surface area (Å²) in [6.45, 7) is 1.95. The molecule has 0 unspecified atom stereocenters. The average Bonchev–Trinajstić information content (AvgIpc) is 2.40. The highest BCUT2D eigenvalue weighted by Crippen LogP contribution is 2.14. The van der Waals surface area contributed by atoms with E-state index in [-0.39, 0.29) is 17.9 Å². The van der Waals surface area contributed by atoms with Crippen LogP contribution in [0.15, 0.2) is 24.3 Å². The minimum absolute atomic E-state index is 0.149. The number of Topliss-reactive ketones (excluding diaryl/α,β-unsaturated/α-hetero) is 1. The van der Waals surface area contributed by atoms with Crippen molar-refractivity contribution in [3.8, 4) is 0 Å². The van der Waals surface area contributed by atoms with Crippen molar-refractivity contribution < 1.29 is 13.9 Å². The number of rotatable bonds is 4. The van der Waals surface area contributed by atoms with Crippen LogP contribution < -0.4 is 0 Å². The Balaban J connectivity index is 1.91. The Kier molecular flexibility index (Phi) is 4.44. The van der Waals surface area contributed by atoms with Gasteiger partial charge in [-0.2, -0.15) is 0 Å². The Hall–Kier alpha value is -1.26. The van der Waals surface area contributed by atoms with Gasteiger partial charge in [0.05, 0.1) is 18.2 Å². The molecule has 1 aliphatic heterocycles. The van der Waals surface area contributed by atoms with E-state index in [0.29, 0.717) is 6.10 Å². The lowest BCUT2D eigenvalue weighted by Crippen LogP contribution is -2.39. The van der Waals surface area contributed by atoms with Gasteiger partial charge in [0.2, 0.25) is 0 Å². The number of hydrogen-bond acceptors (Lipinski definition) is 3. The molecule has 0 bridgehead atoms. The second-order valence-corrected chi connectivity index (χ2v) is 4.61. The molecule has 0 saturated carbocycles. The smallest absolute Gasteiger partial charge is 0.179 e. The molecule has 18 heavy (non-hydrogen) atoms. The van der Waals surface area contributed by atoms with Crippen molar-refractivity contribution in [1.82, 2.24) is 4.90 Å². The van der Waals surface area contributed by atoms with Crippen LogP contribution in [0, 0.1) is 5.82 Å². The van der Waals surface area contributed by atoms with Gasteiger partial charge in [-0.25, -0.2) is 4.39 Å². The minimum Gasteiger partial charge on any atom is -0.381 e. The van der Waals surface area contributed by atoms with Crippen LogP contribution >= 0.6 is 0 Å². The number of carbonyl (C=O) groups excluding carboxylic acids is 1. The Bertz CT molecular complexity index is 414. The third-order valence-electron chi connectivity index (χ3n) is 3.41. The number of ketones is 1. The largest absolute Gasteiger partial charge is 0.381 e. The van der Waals surface area contributed by atoms with Gasteiger partial charge in [0.25, 0.3) is 0 Å². The topological polar surface area (TPSA) is 29.5 Å². The van der Waals surface area contributed by atoms with Gasteiger partial charge in [0.1, 0.15) is 5.82 Å². The van der Waals surface area contributed by atoms with Crippen molar-refractivity contribution in [1.29, 1.82) is 0 Å². The molecule has 4 heteroatoms. The monoisotopic (exact) mass is 251 g/mol. The van der Waals surface area contributed by atoms with Gasteiger partial charge in [0, 0.05) is 20.2 Å². The molecular weight excluding hydrogens is 233 g/mol. The maximum absolute atomic E-state index is 13.5. The number of methoxy groups -OCH3 is 1. The first-order valence-corrected chi connectivity index (χ1v) is 6.23. The molecule has 1 saturated heterocycles. The summed E-state index contributed by atoms with van der Waals surface area (Å²) in [5.41, 5.74) is 0.186. The Labute approximate surface area is 107 Å². The van der Waals surface area contributed by atoms with E-state index in [0.717, 1.165) is 25.9 Å². The lowest BCUT2D eigenvalue weighted by molar-refractivity contribution is 0.0401. The molecule has 98 valence electrons. The summed E-state index contributed by atoms with van der Waals surface area (Å²) in [4.78, 5) is 14.0. The van der Waals surface area contributed by atoms with Crippen molar-refractivity contribution >= 4 is 5.78 Å². The lowest BCUT2D eigenvalue weighted by Gasteiger charge is -2.30. The van der Waals surface area contributed by atoms with Crippen molar-refractivity contribution in [2.24, 2.45) is 0 Å². The van der Waals surface area contributed by atoms with E-state index in [9.17, 15) is 9.18 Å². The molecule has 3 nitrogen and oxygen atoms in total. The first-order chi connectivity index (χ1) is 8.70. The molecule has 1 fully saturated rings. The molecule has 0 spiro atoms. The zero-order chi connectivity index (χ0) is 13.0. The molecule has 1 heterocycles. The first-order valence-electron chi connectivity index (χ1n) is 6.23. The van der Waals surface area contributed by atoms with Gasteiger partial charge in [-0.3, -0.25) is 9.69 Å². The zero-order valence-electron chi connectivity index (χ0n) is 10.6. The third-order valence-corrected chi connectivity index (χ3v) is 3.41. The van der Waals surface area contributed by atoms with Gasteiger partial charge < -0.3 is 4.74 Å². The predicted octanol–water partition coefficient (Wildman–Crippen LogP) is 2.12. The quantitative estimate of drug-likeness (QED) is 0.768. The van der Waals surface area contributed by atoms with Crippen LogP contribution in [0.2, 0.25) is 0 Å². The average molecular weight is 251 g/mol. The standard InChI is InChI=1S/C14H18FNO2/c1-18-11-6-8-16(9-7-11)10-14(17)12-4-2-3-5-13(12)15/h2-5,11H,6-10H2,1H3. The van der Waals surface area contributed by atoms with Gasteiger partial charge in [-0.15, -0.1) is 0 Å². The molecule has 0 radical (unpaired) electrons. The fourth-order valence-corrected chi connectivity index (χ4v) is 2.28. The molecule has 0 amide bonds. The highest BCUT2D eigenvalue weighted by Gasteiger charge is 2.21. The summed E-state index contributed by atoms with van der Waals surface area (Å²) in [5.74, 6) is -0.585. The van der Waals surface area contributed by atoms with Crippen LogP contribution in [0.4, 0.5) is 4.39 Å². The summed E-state index contributed by atoms with van der Waals surface area (Å²) >= 11 is 0. The molecule has 0 N–H and O–H groups in total. The predicted molar refractivity (Wildman–Crippen MR) is 67.2 cm³/mol. The molecular formula is C14H18FNO2. The van der Waals surface area contributed by atoms with Crippen molar-refractivity contribution in [3.63, 3.8) is 0 Å². The molecule has 1 aromatic carbocycles. The van der Waals surface area contributed by atoms with Crippen molar-refractivity contribution in [3.05, 3.63) is 35.6 Å². The Morgan fingerprint density at radius 2 is 2.06 bits per heavy atom. The molecule has 1 aromatic rings. The van der Waals surface area contributed by atoms with Crippen LogP contribution in [0.5, 0.6) is 0 Å². The van der Waals surface area contributed by atoms with Crippen LogP contribution in [-0.4, -0.2) is 43.5 Å². The molecule has 0 aromatic heterocycles. The van der Waals surface area contributed by atoms with E-state index in [2.05, 4.69) is 4.90 Å². The van der Waals surface area contributed by atoms with Gasteiger partial charge >= 0.3 is 0 Å². The van der Waals surface area contributed by atoms with Crippen molar-refractivity contribution in [2.45, 2.75) is 18.9 Å². The summed E-state index contributed by atoms with van der Waals surface area (Å²) in [6.07, 6.45) is 2.16. The number of halogens is 1. The number of likely N-dealkylation sites (tertiary alicyclic amines) is 1. The number of ether oxygens (including phenoxy) is 1. The van der Waals surface area contributed by atoms with Gasteiger partial charge in [0.15, 0.2) is 5.78 Å². The van der Waals surface area contributed by atoms with Gasteiger partial charge in [-0.1, -0.05) is 12.1 Å². The summed E-state index contributed by atoms with van der Waals surface area (Å²) < 4.78 is 18.7. The van der Waals surface area contributed by atoms with Crippen LogP contribution in [0.1, 0.15) is 23.2 Å². The SMILES string of the molecule is COC1CCN(CC(=O)c2ccccc2F)CC1. The Morgan fingerprint density at radius 1 is 1.39 bits per heavy atom. The second kappa shape index (κ2) is 6.07. The van der Waals surface area contributed by atoms with E-state index < -0.39 is 5.82 Å². The van der Waals surface area contributed by atoms with Crippen LogP contribution in [-0.2, 0) is 4.74 Å². The maximum atomic E-state index is 13.5. The fraction of sp³-hybridized carbons (Fsp3) is 0.500. The van der Waals surface area contributed by atoms with E-state index in [1.165, 1.54) is 6.07 Å². The third kappa shape index (κ3) is 3.15. The second-order valence-electron chi connectivity index (χ2n) is 4.61. The maximum Gasteiger partial charge on any atom is 0.179 e. The van der Waals surface area contributed by atoms with E-state index in [1.54, 1.807) is 25.3 Å². The van der Waals surface area contributed by atoms with Gasteiger partial charge in [-0.05, 0) is 25.0 Å². The molecule has 2 rings (SSSR count). The highest BCUT2D eigenvalue weighted by atomic mass is 19.1. The summed E-state index contributed by atoms with van der Waals surface area (Å²) in [6, 6.07) is 6.15. The molecule has 1 aliphatic rings. The van der Waals surface area contributed by atoms with Crippen LogP contribution in [0.25, 0.3) is 0 Å². The number of benzene rings is 1. The lowest BCUT2D eigenvalue weighted by atomic mass is 10.1. The number of carbonyl (C=O) groups is 1.